The Hall–Kier alpha value is -3.08. The zero-order chi connectivity index (χ0) is 39.0. The number of hydrogen-bond acceptors (Lipinski definition) is 5. The molecule has 0 radical (unpaired) electrons. The fourth-order valence-electron chi connectivity index (χ4n) is 7.71. The first-order valence-electron chi connectivity index (χ1n) is 23.2. The van der Waals surface area contributed by atoms with E-state index in [1.54, 1.807) is 0 Å². The lowest BCUT2D eigenvalue weighted by molar-refractivity contribution is 0.0526. The van der Waals surface area contributed by atoms with Gasteiger partial charge in [-0.25, -0.2) is 9.78 Å². The minimum atomic E-state index is -0.343. The number of aryl methyl sites for hydroxylation is 2. The van der Waals surface area contributed by atoms with Crippen LogP contribution in [0.1, 0.15) is 222 Å². The average molecular weight is 754 g/mol. The zero-order valence-corrected chi connectivity index (χ0v) is 35.7. The summed E-state index contributed by atoms with van der Waals surface area (Å²) in [5.41, 5.74) is 5.96. The second-order valence-corrected chi connectivity index (χ2v) is 16.1. The number of rotatable bonds is 34. The summed E-state index contributed by atoms with van der Waals surface area (Å²) in [5, 5.41) is 0. The van der Waals surface area contributed by atoms with Gasteiger partial charge < -0.3 is 4.74 Å². The van der Waals surface area contributed by atoms with Crippen molar-refractivity contribution in [3.8, 4) is 22.8 Å². The van der Waals surface area contributed by atoms with Gasteiger partial charge >= 0.3 is 5.97 Å². The molecular weight excluding hydrogens is 675 g/mol. The van der Waals surface area contributed by atoms with E-state index in [2.05, 4.69) is 38.1 Å². The number of hydrogen-bond donors (Lipinski definition) is 0. The van der Waals surface area contributed by atoms with E-state index in [-0.39, 0.29) is 5.97 Å². The van der Waals surface area contributed by atoms with E-state index in [0.29, 0.717) is 23.6 Å². The SMILES string of the molecule is CCCCCCCCCCCCCCCCc1ccnc(-c2cc(C(=O)OCC)cc(-c3cc(CCCCCCCCCCCCCCCC)ccn3)n2)c1. The third kappa shape index (κ3) is 21.1. The average Bonchev–Trinajstić information content (AvgIpc) is 3.21. The first kappa shape index (κ1) is 46.3. The van der Waals surface area contributed by atoms with E-state index in [4.69, 9.17) is 19.7 Å². The molecule has 3 aromatic rings. The predicted molar refractivity (Wildman–Crippen MR) is 235 cm³/mol. The van der Waals surface area contributed by atoms with Crippen LogP contribution in [-0.4, -0.2) is 27.5 Å². The van der Waals surface area contributed by atoms with Gasteiger partial charge in [0.15, 0.2) is 0 Å². The molecule has 0 N–H and O–H groups in total. The van der Waals surface area contributed by atoms with Crippen LogP contribution >= 0.6 is 0 Å². The molecule has 3 heterocycles. The molecule has 0 aliphatic heterocycles. The number of nitrogens with zero attached hydrogens (tertiary/aromatic N) is 3. The standard InChI is InChI=1S/C50H79N3O2/c1-4-7-9-11-13-15-17-19-21-23-25-27-29-31-33-43-35-37-51-46(39-43)48-41-45(50(54)55-6-3)42-49(53-48)47-40-44(36-38-52-47)34-32-30-28-26-24-22-20-18-16-14-12-10-8-5-2/h35-42H,4-34H2,1-3H3. The first-order valence-corrected chi connectivity index (χ1v) is 23.2. The first-order chi connectivity index (χ1) is 27.1. The number of carbonyl (C=O) groups excluding carboxylic acids is 1. The highest BCUT2D eigenvalue weighted by atomic mass is 16.5. The van der Waals surface area contributed by atoms with Crippen LogP contribution in [0.25, 0.3) is 22.8 Å². The van der Waals surface area contributed by atoms with Crippen LogP contribution in [0, 0.1) is 0 Å². The zero-order valence-electron chi connectivity index (χ0n) is 35.7. The smallest absolute Gasteiger partial charge is 0.338 e. The van der Waals surface area contributed by atoms with Crippen LogP contribution in [0.15, 0.2) is 48.8 Å². The molecule has 5 nitrogen and oxygen atoms in total. The molecule has 0 saturated heterocycles. The normalized spacial score (nSPS) is 11.3. The lowest BCUT2D eigenvalue weighted by atomic mass is 10.0. The van der Waals surface area contributed by atoms with Gasteiger partial charge in [0.25, 0.3) is 0 Å². The van der Waals surface area contributed by atoms with Crippen LogP contribution in [-0.2, 0) is 17.6 Å². The molecule has 0 fully saturated rings. The fourth-order valence-corrected chi connectivity index (χ4v) is 7.71. The topological polar surface area (TPSA) is 65.0 Å². The Morgan fingerprint density at radius 2 is 0.764 bits per heavy atom. The molecule has 5 heteroatoms. The van der Waals surface area contributed by atoms with Gasteiger partial charge in [0.2, 0.25) is 0 Å². The molecular formula is C50H79N3O2. The number of carbonyl (C=O) groups is 1. The van der Waals surface area contributed by atoms with E-state index in [1.165, 1.54) is 191 Å². The minimum Gasteiger partial charge on any atom is -0.462 e. The summed E-state index contributed by atoms with van der Waals surface area (Å²) < 4.78 is 5.42. The molecule has 0 aromatic carbocycles. The minimum absolute atomic E-state index is 0.325. The molecule has 55 heavy (non-hydrogen) atoms. The van der Waals surface area contributed by atoms with Crippen molar-refractivity contribution >= 4 is 5.97 Å². The molecule has 306 valence electrons. The number of unbranched alkanes of at least 4 members (excludes halogenated alkanes) is 26. The summed E-state index contributed by atoms with van der Waals surface area (Å²) in [6.45, 7) is 6.74. The van der Waals surface area contributed by atoms with Gasteiger partial charge in [-0.1, -0.05) is 181 Å². The quantitative estimate of drug-likeness (QED) is 0.0449. The van der Waals surface area contributed by atoms with Crippen molar-refractivity contribution in [1.29, 1.82) is 0 Å². The Kier molecular flexibility index (Phi) is 26.1. The van der Waals surface area contributed by atoms with E-state index < -0.39 is 0 Å². The van der Waals surface area contributed by atoms with E-state index in [0.717, 1.165) is 24.2 Å². The molecule has 3 rings (SSSR count). The van der Waals surface area contributed by atoms with Crippen LogP contribution in [0.3, 0.4) is 0 Å². The third-order valence-electron chi connectivity index (χ3n) is 11.1. The Bertz CT molecular complexity index is 1310. The number of aromatic nitrogens is 3. The summed E-state index contributed by atoms with van der Waals surface area (Å²) in [4.78, 5) is 27.4. The van der Waals surface area contributed by atoms with Crippen LogP contribution in [0.4, 0.5) is 0 Å². The van der Waals surface area contributed by atoms with Gasteiger partial charge in [0.05, 0.1) is 34.9 Å². The summed E-state index contributed by atoms with van der Waals surface area (Å²) in [6, 6.07) is 12.1. The van der Waals surface area contributed by atoms with Gasteiger partial charge in [-0.05, 0) is 80.1 Å². The highest BCUT2D eigenvalue weighted by Crippen LogP contribution is 2.26. The summed E-state index contributed by atoms with van der Waals surface area (Å²) in [6.07, 6.45) is 44.0. The van der Waals surface area contributed by atoms with Crippen molar-refractivity contribution in [3.63, 3.8) is 0 Å². The molecule has 0 spiro atoms. The lowest BCUT2D eigenvalue weighted by Crippen LogP contribution is -2.06. The van der Waals surface area contributed by atoms with Gasteiger partial charge in [-0.15, -0.1) is 0 Å². The van der Waals surface area contributed by atoms with Crippen molar-refractivity contribution in [3.05, 3.63) is 65.5 Å². The third-order valence-corrected chi connectivity index (χ3v) is 11.1. The van der Waals surface area contributed by atoms with Crippen molar-refractivity contribution in [2.24, 2.45) is 0 Å². The van der Waals surface area contributed by atoms with Crippen LogP contribution in [0.5, 0.6) is 0 Å². The molecule has 0 unspecified atom stereocenters. The van der Waals surface area contributed by atoms with Crippen molar-refractivity contribution < 1.29 is 9.53 Å². The molecule has 0 saturated carbocycles. The van der Waals surface area contributed by atoms with Crippen molar-refractivity contribution in [2.75, 3.05) is 6.61 Å². The highest BCUT2D eigenvalue weighted by Gasteiger charge is 2.15. The monoisotopic (exact) mass is 754 g/mol. The molecule has 0 aliphatic rings. The predicted octanol–water partition coefficient (Wildman–Crippen LogP) is 15.4. The lowest BCUT2D eigenvalue weighted by Gasteiger charge is -2.10. The van der Waals surface area contributed by atoms with Gasteiger partial charge in [0, 0.05) is 12.4 Å². The Morgan fingerprint density at radius 3 is 1.09 bits per heavy atom. The molecule has 0 aliphatic carbocycles. The number of esters is 1. The number of ether oxygens (including phenoxy) is 1. The molecule has 0 bridgehead atoms. The van der Waals surface area contributed by atoms with Gasteiger partial charge in [0.1, 0.15) is 0 Å². The maximum atomic E-state index is 13.0. The number of pyridine rings is 3. The molecule has 3 aromatic heterocycles. The summed E-state index contributed by atoms with van der Waals surface area (Å²) in [7, 11) is 0. The van der Waals surface area contributed by atoms with E-state index >= 15 is 0 Å². The maximum Gasteiger partial charge on any atom is 0.338 e. The van der Waals surface area contributed by atoms with Gasteiger partial charge in [-0.2, -0.15) is 0 Å². The Morgan fingerprint density at radius 1 is 0.436 bits per heavy atom. The van der Waals surface area contributed by atoms with Crippen molar-refractivity contribution in [2.45, 2.75) is 213 Å². The summed E-state index contributed by atoms with van der Waals surface area (Å²) in [5.74, 6) is -0.343. The van der Waals surface area contributed by atoms with E-state index in [1.807, 2.05) is 31.5 Å². The second-order valence-electron chi connectivity index (χ2n) is 16.1. The van der Waals surface area contributed by atoms with Gasteiger partial charge in [-0.3, -0.25) is 9.97 Å². The van der Waals surface area contributed by atoms with Crippen molar-refractivity contribution in [1.82, 2.24) is 15.0 Å². The molecule has 0 atom stereocenters. The van der Waals surface area contributed by atoms with E-state index in [9.17, 15) is 4.79 Å². The highest BCUT2D eigenvalue weighted by molar-refractivity contribution is 5.92. The molecule has 0 amide bonds. The van der Waals surface area contributed by atoms with Crippen LogP contribution < -0.4 is 0 Å². The summed E-state index contributed by atoms with van der Waals surface area (Å²) >= 11 is 0. The van der Waals surface area contributed by atoms with Crippen LogP contribution in [0.2, 0.25) is 0 Å². The maximum absolute atomic E-state index is 13.0. The Balaban J connectivity index is 1.44. The Labute approximate surface area is 337 Å². The fraction of sp³-hybridized carbons (Fsp3) is 0.680. The second kappa shape index (κ2) is 31.1. The largest absolute Gasteiger partial charge is 0.462 e.